The normalized spacial score (nSPS) is 12.0. The number of carboxylic acids is 1. The van der Waals surface area contributed by atoms with Crippen LogP contribution in [0.5, 0.6) is 0 Å². The highest BCUT2D eigenvalue weighted by Crippen LogP contribution is 2.06. The van der Waals surface area contributed by atoms with Crippen LogP contribution in [0.1, 0.15) is 84.0 Å². The van der Waals surface area contributed by atoms with E-state index >= 15 is 0 Å². The molecule has 1 N–H and O–H groups in total. The Morgan fingerprint density at radius 3 is 1.64 bits per heavy atom. The summed E-state index contributed by atoms with van der Waals surface area (Å²) in [7, 11) is 0. The topological polar surface area (TPSA) is 37.3 Å². The molecule has 0 atom stereocenters. The average molecular weight is 306 g/mol. The summed E-state index contributed by atoms with van der Waals surface area (Å²) in [6, 6.07) is 0. The Morgan fingerprint density at radius 1 is 0.682 bits per heavy atom. The SMILES string of the molecule is CCCCC/C=C/CC/C=C/CCCCC/C=C/CC(=O)O. The van der Waals surface area contributed by atoms with Crippen molar-refractivity contribution in [1.82, 2.24) is 0 Å². The second-order valence-corrected chi connectivity index (χ2v) is 5.72. The van der Waals surface area contributed by atoms with Gasteiger partial charge in [-0.15, -0.1) is 0 Å². The van der Waals surface area contributed by atoms with Crippen LogP contribution >= 0.6 is 0 Å². The summed E-state index contributed by atoms with van der Waals surface area (Å²) in [4.78, 5) is 10.3. The lowest BCUT2D eigenvalue weighted by Gasteiger charge is -1.95. The fraction of sp³-hybridized carbons (Fsp3) is 0.650. The smallest absolute Gasteiger partial charge is 0.307 e. The van der Waals surface area contributed by atoms with Crippen molar-refractivity contribution in [2.75, 3.05) is 0 Å². The Balaban J connectivity index is 3.24. The lowest BCUT2D eigenvalue weighted by molar-refractivity contribution is -0.136. The predicted molar refractivity (Wildman–Crippen MR) is 96.1 cm³/mol. The van der Waals surface area contributed by atoms with E-state index in [1.165, 1.54) is 44.9 Å². The molecule has 0 aliphatic carbocycles. The number of carboxylic acid groups (broad SMARTS) is 1. The fourth-order valence-electron chi connectivity index (χ4n) is 2.18. The maximum Gasteiger partial charge on any atom is 0.307 e. The predicted octanol–water partition coefficient (Wildman–Crippen LogP) is 6.44. The van der Waals surface area contributed by atoms with E-state index in [0.29, 0.717) is 0 Å². The van der Waals surface area contributed by atoms with Crippen LogP contribution in [-0.4, -0.2) is 11.1 Å². The Labute approximate surface area is 137 Å². The average Bonchev–Trinajstić information content (AvgIpc) is 2.50. The van der Waals surface area contributed by atoms with Crippen molar-refractivity contribution in [1.29, 1.82) is 0 Å². The molecule has 0 aromatic rings. The molecule has 0 fully saturated rings. The van der Waals surface area contributed by atoms with E-state index in [-0.39, 0.29) is 6.42 Å². The highest BCUT2D eigenvalue weighted by molar-refractivity contribution is 5.68. The number of unbranched alkanes of at least 4 members (excludes halogenated alkanes) is 8. The van der Waals surface area contributed by atoms with Crippen LogP contribution < -0.4 is 0 Å². The molecule has 0 saturated carbocycles. The summed E-state index contributed by atoms with van der Waals surface area (Å²) >= 11 is 0. The molecular weight excluding hydrogens is 272 g/mol. The minimum Gasteiger partial charge on any atom is -0.481 e. The first-order chi connectivity index (χ1) is 10.8. The molecule has 0 amide bonds. The van der Waals surface area contributed by atoms with Gasteiger partial charge in [-0.25, -0.2) is 0 Å². The van der Waals surface area contributed by atoms with Gasteiger partial charge < -0.3 is 5.11 Å². The molecule has 0 aliphatic rings. The van der Waals surface area contributed by atoms with Gasteiger partial charge in [0.1, 0.15) is 0 Å². The van der Waals surface area contributed by atoms with E-state index in [9.17, 15) is 4.79 Å². The Bertz CT molecular complexity index is 327. The summed E-state index contributed by atoms with van der Waals surface area (Å²) < 4.78 is 0. The van der Waals surface area contributed by atoms with Gasteiger partial charge in [-0.3, -0.25) is 4.79 Å². The zero-order chi connectivity index (χ0) is 16.3. The monoisotopic (exact) mass is 306 g/mol. The van der Waals surface area contributed by atoms with Gasteiger partial charge in [-0.2, -0.15) is 0 Å². The molecule has 0 radical (unpaired) electrons. The number of rotatable bonds is 15. The van der Waals surface area contributed by atoms with Gasteiger partial charge in [0.25, 0.3) is 0 Å². The van der Waals surface area contributed by atoms with Crippen molar-refractivity contribution < 1.29 is 9.90 Å². The minimum absolute atomic E-state index is 0.149. The van der Waals surface area contributed by atoms with E-state index < -0.39 is 5.97 Å². The molecule has 0 rings (SSSR count). The van der Waals surface area contributed by atoms with E-state index in [0.717, 1.165) is 25.7 Å². The number of carbonyl (C=O) groups is 1. The third-order valence-corrected chi connectivity index (χ3v) is 3.51. The molecule has 126 valence electrons. The number of aliphatic carboxylic acids is 1. The summed E-state index contributed by atoms with van der Waals surface area (Å²) in [5.74, 6) is -0.753. The van der Waals surface area contributed by atoms with E-state index in [2.05, 4.69) is 31.2 Å². The first-order valence-corrected chi connectivity index (χ1v) is 8.94. The second-order valence-electron chi connectivity index (χ2n) is 5.72. The van der Waals surface area contributed by atoms with Crippen LogP contribution in [0.25, 0.3) is 0 Å². The third kappa shape index (κ3) is 18.7. The molecule has 22 heavy (non-hydrogen) atoms. The van der Waals surface area contributed by atoms with Crippen molar-refractivity contribution >= 4 is 5.97 Å². The molecule has 0 spiro atoms. The van der Waals surface area contributed by atoms with Crippen molar-refractivity contribution in [2.45, 2.75) is 84.0 Å². The van der Waals surface area contributed by atoms with Gasteiger partial charge in [0, 0.05) is 0 Å². The van der Waals surface area contributed by atoms with Gasteiger partial charge in [-0.1, -0.05) is 62.6 Å². The van der Waals surface area contributed by atoms with Gasteiger partial charge >= 0.3 is 5.97 Å². The molecule has 0 saturated heterocycles. The molecule has 2 heteroatoms. The van der Waals surface area contributed by atoms with Crippen molar-refractivity contribution in [2.24, 2.45) is 0 Å². The standard InChI is InChI=1S/C20H34O2/c1-2-3-4-5-6-7-8-9-10-11-12-13-14-15-16-17-18-19-20(21)22/h6-7,10-11,17-18H,2-5,8-9,12-16,19H2,1H3,(H,21,22)/b7-6+,11-10+,18-17+. The van der Waals surface area contributed by atoms with Gasteiger partial charge in [-0.05, 0) is 51.4 Å². The van der Waals surface area contributed by atoms with Crippen LogP contribution in [0, 0.1) is 0 Å². The summed E-state index contributed by atoms with van der Waals surface area (Å²) in [6.07, 6.45) is 26.4. The largest absolute Gasteiger partial charge is 0.481 e. The van der Waals surface area contributed by atoms with Crippen LogP contribution in [-0.2, 0) is 4.79 Å². The zero-order valence-electron chi connectivity index (χ0n) is 14.3. The molecule has 0 aliphatic heterocycles. The first-order valence-electron chi connectivity index (χ1n) is 8.94. The van der Waals surface area contributed by atoms with E-state index in [1.54, 1.807) is 6.08 Å². The Morgan fingerprint density at radius 2 is 1.14 bits per heavy atom. The molecule has 0 unspecified atom stereocenters. The van der Waals surface area contributed by atoms with E-state index in [1.807, 2.05) is 6.08 Å². The molecule has 0 bridgehead atoms. The lowest BCUT2D eigenvalue weighted by atomic mass is 10.1. The third-order valence-electron chi connectivity index (χ3n) is 3.51. The number of allylic oxidation sites excluding steroid dienone is 5. The van der Waals surface area contributed by atoms with E-state index in [4.69, 9.17) is 5.11 Å². The Kier molecular flexibility index (Phi) is 16.7. The van der Waals surface area contributed by atoms with Crippen molar-refractivity contribution in [3.05, 3.63) is 36.5 Å². The lowest BCUT2D eigenvalue weighted by Crippen LogP contribution is -1.89. The molecule has 0 aromatic carbocycles. The maximum absolute atomic E-state index is 10.3. The molecule has 0 heterocycles. The van der Waals surface area contributed by atoms with Crippen molar-refractivity contribution in [3.8, 4) is 0 Å². The highest BCUT2D eigenvalue weighted by atomic mass is 16.4. The number of hydrogen-bond acceptors (Lipinski definition) is 1. The van der Waals surface area contributed by atoms with Gasteiger partial charge in [0.2, 0.25) is 0 Å². The fourth-order valence-corrected chi connectivity index (χ4v) is 2.18. The molecule has 0 aromatic heterocycles. The second kappa shape index (κ2) is 17.7. The van der Waals surface area contributed by atoms with Crippen LogP contribution in [0.2, 0.25) is 0 Å². The van der Waals surface area contributed by atoms with Crippen LogP contribution in [0.4, 0.5) is 0 Å². The summed E-state index contributed by atoms with van der Waals surface area (Å²) in [6.45, 7) is 2.24. The number of hydrogen-bond donors (Lipinski definition) is 1. The molecule has 2 nitrogen and oxygen atoms in total. The van der Waals surface area contributed by atoms with Gasteiger partial charge in [0.15, 0.2) is 0 Å². The maximum atomic E-state index is 10.3. The van der Waals surface area contributed by atoms with Gasteiger partial charge in [0.05, 0.1) is 6.42 Å². The molecular formula is C20H34O2. The summed E-state index contributed by atoms with van der Waals surface area (Å²) in [5, 5.41) is 8.48. The quantitative estimate of drug-likeness (QED) is 0.279. The zero-order valence-corrected chi connectivity index (χ0v) is 14.3. The van der Waals surface area contributed by atoms with Crippen LogP contribution in [0.15, 0.2) is 36.5 Å². The minimum atomic E-state index is -0.753. The van der Waals surface area contributed by atoms with Crippen molar-refractivity contribution in [3.63, 3.8) is 0 Å². The first kappa shape index (κ1) is 20.7. The summed E-state index contributed by atoms with van der Waals surface area (Å²) in [5.41, 5.74) is 0. The Hall–Kier alpha value is -1.31. The van der Waals surface area contributed by atoms with Crippen LogP contribution in [0.3, 0.4) is 0 Å². The highest BCUT2D eigenvalue weighted by Gasteiger charge is 1.89.